The van der Waals surface area contributed by atoms with Crippen molar-refractivity contribution in [3.8, 4) is 0 Å². The van der Waals surface area contributed by atoms with Crippen molar-refractivity contribution in [3.63, 3.8) is 0 Å². The topological polar surface area (TPSA) is 91.8 Å². The highest BCUT2D eigenvalue weighted by Gasteiger charge is 2.61. The molecule has 1 heterocycles. The van der Waals surface area contributed by atoms with Crippen molar-refractivity contribution in [2.75, 3.05) is 18.6 Å². The highest BCUT2D eigenvalue weighted by molar-refractivity contribution is 7.93. The van der Waals surface area contributed by atoms with Gasteiger partial charge in [0.1, 0.15) is 0 Å². The lowest BCUT2D eigenvalue weighted by atomic mass is 10.0. The maximum atomic E-state index is 12.1. The van der Waals surface area contributed by atoms with Crippen molar-refractivity contribution < 1.29 is 36.3 Å². The summed E-state index contributed by atoms with van der Waals surface area (Å²) in [6.45, 7) is 0. The number of carbonyl (C=O) groups is 2. The van der Waals surface area contributed by atoms with Crippen LogP contribution in [0.2, 0.25) is 0 Å². The summed E-state index contributed by atoms with van der Waals surface area (Å²) in [6, 6.07) is 0. The molecule has 1 aliphatic heterocycles. The van der Waals surface area contributed by atoms with Gasteiger partial charge in [0, 0.05) is 7.05 Å². The van der Waals surface area contributed by atoms with E-state index >= 15 is 0 Å². The van der Waals surface area contributed by atoms with Gasteiger partial charge >= 0.3 is 18.1 Å². The molecule has 0 bridgehead atoms. The zero-order chi connectivity index (χ0) is 13.6. The molecule has 0 aromatic carbocycles. The van der Waals surface area contributed by atoms with Crippen LogP contribution < -0.4 is 0 Å². The van der Waals surface area contributed by atoms with E-state index in [9.17, 15) is 31.2 Å². The lowest BCUT2D eigenvalue weighted by Crippen LogP contribution is -2.71. The SMILES string of the molecule is CN(C(=O)C(F)(F)F)C1(C(=O)O)CS(=O)(=O)C1. The number of carboxylic acid groups (broad SMARTS) is 1. The summed E-state index contributed by atoms with van der Waals surface area (Å²) in [5, 5.41) is 8.78. The second kappa shape index (κ2) is 3.59. The van der Waals surface area contributed by atoms with Crippen molar-refractivity contribution in [3.05, 3.63) is 0 Å². The third-order valence-electron chi connectivity index (χ3n) is 2.50. The van der Waals surface area contributed by atoms with Gasteiger partial charge in [-0.05, 0) is 0 Å². The van der Waals surface area contributed by atoms with Crippen LogP contribution in [0, 0.1) is 0 Å². The highest BCUT2D eigenvalue weighted by atomic mass is 32.2. The molecular formula is C7H8F3NO5S. The fraction of sp³-hybridized carbons (Fsp3) is 0.714. The Morgan fingerprint density at radius 2 is 1.71 bits per heavy atom. The van der Waals surface area contributed by atoms with Gasteiger partial charge in [0.2, 0.25) is 0 Å². The lowest BCUT2D eigenvalue weighted by Gasteiger charge is -2.43. The molecular weight excluding hydrogens is 267 g/mol. The van der Waals surface area contributed by atoms with Gasteiger partial charge in [-0.2, -0.15) is 13.2 Å². The molecule has 1 fully saturated rings. The van der Waals surface area contributed by atoms with Gasteiger partial charge in [0.25, 0.3) is 0 Å². The van der Waals surface area contributed by atoms with Gasteiger partial charge in [0.15, 0.2) is 15.4 Å². The summed E-state index contributed by atoms with van der Waals surface area (Å²) in [4.78, 5) is 21.6. The summed E-state index contributed by atoms with van der Waals surface area (Å²) in [5.41, 5.74) is -2.31. The van der Waals surface area contributed by atoms with E-state index in [1.54, 1.807) is 0 Å². The first kappa shape index (κ1) is 13.7. The first-order valence-electron chi connectivity index (χ1n) is 4.21. The van der Waals surface area contributed by atoms with E-state index in [4.69, 9.17) is 5.11 Å². The van der Waals surface area contributed by atoms with E-state index in [1.807, 2.05) is 0 Å². The molecule has 1 saturated heterocycles. The molecule has 98 valence electrons. The molecule has 10 heteroatoms. The van der Waals surface area contributed by atoms with E-state index in [0.29, 0.717) is 7.05 Å². The Morgan fingerprint density at radius 3 is 1.94 bits per heavy atom. The zero-order valence-corrected chi connectivity index (χ0v) is 9.30. The molecule has 1 aliphatic rings. The maximum Gasteiger partial charge on any atom is 0.471 e. The van der Waals surface area contributed by atoms with Gasteiger partial charge < -0.3 is 10.0 Å². The van der Waals surface area contributed by atoms with Gasteiger partial charge in [0.05, 0.1) is 11.5 Å². The monoisotopic (exact) mass is 275 g/mol. The van der Waals surface area contributed by atoms with Crippen molar-refractivity contribution in [2.24, 2.45) is 0 Å². The van der Waals surface area contributed by atoms with Crippen LogP contribution in [-0.4, -0.2) is 60.6 Å². The minimum Gasteiger partial charge on any atom is -0.479 e. The second-order valence-corrected chi connectivity index (χ2v) is 5.80. The van der Waals surface area contributed by atoms with Crippen molar-refractivity contribution >= 4 is 21.7 Å². The quantitative estimate of drug-likeness (QED) is 0.716. The van der Waals surface area contributed by atoms with Crippen LogP contribution in [0.25, 0.3) is 0 Å². The normalized spacial score (nSPS) is 21.4. The van der Waals surface area contributed by atoms with Crippen LogP contribution in [0.4, 0.5) is 13.2 Å². The number of carbonyl (C=O) groups excluding carboxylic acids is 1. The van der Waals surface area contributed by atoms with E-state index in [0.717, 1.165) is 0 Å². The Bertz CT molecular complexity index is 456. The largest absolute Gasteiger partial charge is 0.479 e. The Kier molecular flexibility index (Phi) is 2.90. The van der Waals surface area contributed by atoms with Crippen molar-refractivity contribution in [1.82, 2.24) is 4.90 Å². The predicted octanol–water partition coefficient (Wildman–Crippen LogP) is -0.741. The number of nitrogens with zero attached hydrogens (tertiary/aromatic N) is 1. The molecule has 0 aromatic heterocycles. The molecule has 1 rings (SSSR count). The zero-order valence-electron chi connectivity index (χ0n) is 8.48. The molecule has 0 aromatic rings. The maximum absolute atomic E-state index is 12.1. The second-order valence-electron chi connectivity index (χ2n) is 3.73. The number of rotatable bonds is 2. The van der Waals surface area contributed by atoms with Crippen molar-refractivity contribution in [1.29, 1.82) is 0 Å². The number of aliphatic carboxylic acids is 1. The summed E-state index contributed by atoms with van der Waals surface area (Å²) in [7, 11) is -3.08. The standard InChI is InChI=1S/C7H8F3NO5S/c1-11(4(12)7(8,9)10)6(5(13)14)2-17(15,16)3-6/h2-3H2,1H3,(H,13,14). The summed E-state index contributed by atoms with van der Waals surface area (Å²) < 4.78 is 58.1. The Hall–Kier alpha value is -1.32. The van der Waals surface area contributed by atoms with Crippen LogP contribution in [0.1, 0.15) is 0 Å². The van der Waals surface area contributed by atoms with Crippen LogP contribution in [0.5, 0.6) is 0 Å². The number of alkyl halides is 3. The van der Waals surface area contributed by atoms with Crippen LogP contribution in [-0.2, 0) is 19.4 Å². The first-order valence-corrected chi connectivity index (χ1v) is 6.03. The average Bonchev–Trinajstić information content (AvgIpc) is 2.09. The molecule has 0 aliphatic carbocycles. The van der Waals surface area contributed by atoms with E-state index in [-0.39, 0.29) is 4.90 Å². The molecule has 0 saturated carbocycles. The lowest BCUT2D eigenvalue weighted by molar-refractivity contribution is -0.191. The number of sulfone groups is 1. The number of hydrogen-bond acceptors (Lipinski definition) is 4. The Labute approximate surface area is 93.9 Å². The first-order chi connectivity index (χ1) is 7.42. The molecule has 0 atom stereocenters. The molecule has 0 unspecified atom stereocenters. The summed E-state index contributed by atoms with van der Waals surface area (Å²) >= 11 is 0. The van der Waals surface area contributed by atoms with Crippen molar-refractivity contribution in [2.45, 2.75) is 11.7 Å². The molecule has 6 nitrogen and oxygen atoms in total. The third-order valence-corrected chi connectivity index (χ3v) is 4.34. The fourth-order valence-corrected chi connectivity index (χ4v) is 3.54. The molecule has 1 N–H and O–H groups in total. The Balaban J connectivity index is 3.05. The van der Waals surface area contributed by atoms with Crippen LogP contribution in [0.15, 0.2) is 0 Å². The number of carboxylic acids is 1. The smallest absolute Gasteiger partial charge is 0.471 e. The summed E-state index contributed by atoms with van der Waals surface area (Å²) in [6.07, 6.45) is -5.24. The van der Waals surface area contributed by atoms with Gasteiger partial charge in [-0.3, -0.25) is 4.79 Å². The molecule has 0 spiro atoms. The van der Waals surface area contributed by atoms with E-state index in [2.05, 4.69) is 0 Å². The number of amides is 1. The molecule has 1 amide bonds. The summed E-state index contributed by atoms with van der Waals surface area (Å²) in [5.74, 6) is -6.16. The van der Waals surface area contributed by atoms with Gasteiger partial charge in [-0.15, -0.1) is 0 Å². The number of halogens is 3. The number of likely N-dealkylation sites (N-methyl/N-ethyl adjacent to an activating group) is 1. The predicted molar refractivity (Wildman–Crippen MR) is 47.8 cm³/mol. The third kappa shape index (κ3) is 2.21. The van der Waals surface area contributed by atoms with Gasteiger partial charge in [-0.1, -0.05) is 0 Å². The fourth-order valence-electron chi connectivity index (χ4n) is 1.53. The minimum atomic E-state index is -5.24. The van der Waals surface area contributed by atoms with E-state index in [1.165, 1.54) is 0 Å². The molecule has 0 radical (unpaired) electrons. The minimum absolute atomic E-state index is 0.0730. The number of hydrogen-bond donors (Lipinski definition) is 1. The average molecular weight is 275 g/mol. The van der Waals surface area contributed by atoms with E-state index < -0.39 is 44.9 Å². The Morgan fingerprint density at radius 1 is 1.29 bits per heavy atom. The molecule has 17 heavy (non-hydrogen) atoms. The highest BCUT2D eigenvalue weighted by Crippen LogP contribution is 2.32. The van der Waals surface area contributed by atoms with Crippen LogP contribution in [0.3, 0.4) is 0 Å². The van der Waals surface area contributed by atoms with Crippen LogP contribution >= 0.6 is 0 Å². The van der Waals surface area contributed by atoms with Gasteiger partial charge in [-0.25, -0.2) is 13.2 Å².